The molecule has 0 aromatic heterocycles. The molecule has 104 valence electrons. The van der Waals surface area contributed by atoms with Gasteiger partial charge in [0.15, 0.2) is 0 Å². The number of rotatable bonds is 6. The van der Waals surface area contributed by atoms with Crippen LogP contribution in [0.4, 0.5) is 4.79 Å². The first-order chi connectivity index (χ1) is 8.63. The first kappa shape index (κ1) is 14.8. The molecule has 0 saturated carbocycles. The summed E-state index contributed by atoms with van der Waals surface area (Å²) in [6.45, 7) is 6.48. The SMILES string of the molecule is CCCOC(=O)N1C(CC)CC1COC(=O)CC. The van der Waals surface area contributed by atoms with Crippen LogP contribution in [-0.2, 0) is 14.3 Å². The van der Waals surface area contributed by atoms with Gasteiger partial charge in [0.05, 0.1) is 12.6 Å². The minimum absolute atomic E-state index is 0.0187. The highest BCUT2D eigenvalue weighted by Crippen LogP contribution is 2.29. The molecule has 18 heavy (non-hydrogen) atoms. The quantitative estimate of drug-likeness (QED) is 0.685. The predicted molar refractivity (Wildman–Crippen MR) is 67.2 cm³/mol. The lowest BCUT2D eigenvalue weighted by Crippen LogP contribution is -2.60. The van der Waals surface area contributed by atoms with Crippen molar-refractivity contribution in [2.75, 3.05) is 13.2 Å². The maximum atomic E-state index is 11.8. The third kappa shape index (κ3) is 3.62. The van der Waals surface area contributed by atoms with Gasteiger partial charge in [-0.05, 0) is 19.3 Å². The summed E-state index contributed by atoms with van der Waals surface area (Å²) in [6, 6.07) is 0.203. The molecule has 1 fully saturated rings. The summed E-state index contributed by atoms with van der Waals surface area (Å²) < 4.78 is 10.2. The monoisotopic (exact) mass is 257 g/mol. The van der Waals surface area contributed by atoms with Gasteiger partial charge in [-0.25, -0.2) is 4.79 Å². The highest BCUT2D eigenvalue weighted by molar-refractivity contribution is 5.70. The topological polar surface area (TPSA) is 55.8 Å². The molecule has 0 radical (unpaired) electrons. The van der Waals surface area contributed by atoms with Gasteiger partial charge in [-0.15, -0.1) is 0 Å². The Morgan fingerprint density at radius 1 is 1.17 bits per heavy atom. The van der Waals surface area contributed by atoms with Gasteiger partial charge < -0.3 is 9.47 Å². The smallest absolute Gasteiger partial charge is 0.410 e. The molecule has 0 aromatic rings. The molecule has 5 heteroatoms. The Hall–Kier alpha value is -1.26. The average molecular weight is 257 g/mol. The summed E-state index contributed by atoms with van der Waals surface area (Å²) in [5.41, 5.74) is 0. The summed E-state index contributed by atoms with van der Waals surface area (Å²) in [5.74, 6) is -0.225. The number of amides is 1. The maximum absolute atomic E-state index is 11.8. The summed E-state index contributed by atoms with van der Waals surface area (Å²) >= 11 is 0. The number of likely N-dealkylation sites (tertiary alicyclic amines) is 1. The van der Waals surface area contributed by atoms with Crippen LogP contribution in [0.3, 0.4) is 0 Å². The van der Waals surface area contributed by atoms with E-state index in [4.69, 9.17) is 9.47 Å². The van der Waals surface area contributed by atoms with Crippen LogP contribution in [-0.4, -0.2) is 42.3 Å². The molecule has 1 rings (SSSR count). The van der Waals surface area contributed by atoms with E-state index in [1.54, 1.807) is 11.8 Å². The highest BCUT2D eigenvalue weighted by atomic mass is 16.6. The fourth-order valence-electron chi connectivity index (χ4n) is 2.07. The molecule has 0 aromatic carbocycles. The molecular formula is C13H23NO4. The zero-order chi connectivity index (χ0) is 13.5. The van der Waals surface area contributed by atoms with E-state index in [2.05, 4.69) is 0 Å². The minimum atomic E-state index is -0.285. The van der Waals surface area contributed by atoms with E-state index in [-0.39, 0.29) is 30.8 Å². The van der Waals surface area contributed by atoms with E-state index in [1.807, 2.05) is 13.8 Å². The van der Waals surface area contributed by atoms with Crippen molar-refractivity contribution in [3.05, 3.63) is 0 Å². The molecule has 0 spiro atoms. The molecule has 0 bridgehead atoms. The van der Waals surface area contributed by atoms with Gasteiger partial charge in [0.25, 0.3) is 0 Å². The number of hydrogen-bond acceptors (Lipinski definition) is 4. The standard InChI is InChI=1S/C13H23NO4/c1-4-7-17-13(16)14-10(5-2)8-11(14)9-18-12(15)6-3/h10-11H,4-9H2,1-3H3. The number of carbonyl (C=O) groups excluding carboxylic acids is 2. The molecule has 1 aliphatic rings. The van der Waals surface area contributed by atoms with Crippen LogP contribution < -0.4 is 0 Å². The lowest BCUT2D eigenvalue weighted by Gasteiger charge is -2.47. The second-order valence-electron chi connectivity index (χ2n) is 4.51. The fourth-order valence-corrected chi connectivity index (χ4v) is 2.07. The fraction of sp³-hybridized carbons (Fsp3) is 0.846. The number of carbonyl (C=O) groups is 2. The maximum Gasteiger partial charge on any atom is 0.410 e. The molecule has 0 aliphatic carbocycles. The van der Waals surface area contributed by atoms with Crippen LogP contribution in [0.25, 0.3) is 0 Å². The lowest BCUT2D eigenvalue weighted by molar-refractivity contribution is -0.147. The molecule has 1 heterocycles. The molecule has 1 aliphatic heterocycles. The number of nitrogens with zero attached hydrogens (tertiary/aromatic N) is 1. The zero-order valence-corrected chi connectivity index (χ0v) is 11.5. The van der Waals surface area contributed by atoms with Crippen molar-refractivity contribution in [3.63, 3.8) is 0 Å². The first-order valence-electron chi connectivity index (χ1n) is 6.74. The molecule has 2 atom stereocenters. The van der Waals surface area contributed by atoms with E-state index in [1.165, 1.54) is 0 Å². The van der Waals surface area contributed by atoms with Crippen molar-refractivity contribution in [2.45, 2.75) is 58.5 Å². The molecule has 0 N–H and O–H groups in total. The van der Waals surface area contributed by atoms with Crippen LogP contribution >= 0.6 is 0 Å². The predicted octanol–water partition coefficient (Wildman–Crippen LogP) is 2.34. The third-order valence-corrected chi connectivity index (χ3v) is 3.17. The van der Waals surface area contributed by atoms with Gasteiger partial charge >= 0.3 is 12.1 Å². The normalized spacial score (nSPS) is 22.3. The van der Waals surface area contributed by atoms with Gasteiger partial charge in [0.2, 0.25) is 0 Å². The first-order valence-corrected chi connectivity index (χ1v) is 6.74. The summed E-state index contributed by atoms with van der Waals surface area (Å²) in [5, 5.41) is 0. The molecule has 2 unspecified atom stereocenters. The van der Waals surface area contributed by atoms with Gasteiger partial charge in [0.1, 0.15) is 6.61 Å². The van der Waals surface area contributed by atoms with Crippen molar-refractivity contribution in [1.82, 2.24) is 4.90 Å². The van der Waals surface area contributed by atoms with E-state index >= 15 is 0 Å². The van der Waals surface area contributed by atoms with Gasteiger partial charge in [-0.2, -0.15) is 0 Å². The van der Waals surface area contributed by atoms with E-state index in [9.17, 15) is 9.59 Å². The van der Waals surface area contributed by atoms with Crippen molar-refractivity contribution in [2.24, 2.45) is 0 Å². The average Bonchev–Trinajstić information content (AvgIpc) is 2.34. The van der Waals surface area contributed by atoms with Gasteiger partial charge in [-0.1, -0.05) is 20.8 Å². The second-order valence-corrected chi connectivity index (χ2v) is 4.51. The Labute approximate surface area is 108 Å². The van der Waals surface area contributed by atoms with Crippen molar-refractivity contribution >= 4 is 12.1 Å². The molecule has 1 amide bonds. The van der Waals surface area contributed by atoms with E-state index < -0.39 is 0 Å². The lowest BCUT2D eigenvalue weighted by atomic mass is 9.92. The zero-order valence-electron chi connectivity index (χ0n) is 11.5. The third-order valence-electron chi connectivity index (χ3n) is 3.17. The van der Waals surface area contributed by atoms with E-state index in [0.29, 0.717) is 13.0 Å². The molecular weight excluding hydrogens is 234 g/mol. The summed E-state index contributed by atoms with van der Waals surface area (Å²) in [4.78, 5) is 24.6. The van der Waals surface area contributed by atoms with Crippen molar-refractivity contribution < 1.29 is 19.1 Å². The van der Waals surface area contributed by atoms with Crippen molar-refractivity contribution in [1.29, 1.82) is 0 Å². The van der Waals surface area contributed by atoms with Crippen molar-refractivity contribution in [3.8, 4) is 0 Å². The van der Waals surface area contributed by atoms with Crippen LogP contribution in [0.2, 0.25) is 0 Å². The largest absolute Gasteiger partial charge is 0.463 e. The Kier molecular flexibility index (Phi) is 5.95. The van der Waals surface area contributed by atoms with E-state index in [0.717, 1.165) is 19.3 Å². The van der Waals surface area contributed by atoms with Gasteiger partial charge in [0, 0.05) is 12.5 Å². The van der Waals surface area contributed by atoms with Crippen LogP contribution in [0.15, 0.2) is 0 Å². The highest BCUT2D eigenvalue weighted by Gasteiger charge is 2.42. The van der Waals surface area contributed by atoms with Crippen LogP contribution in [0.5, 0.6) is 0 Å². The van der Waals surface area contributed by atoms with Crippen LogP contribution in [0, 0.1) is 0 Å². The van der Waals surface area contributed by atoms with Crippen LogP contribution in [0.1, 0.15) is 46.5 Å². The second kappa shape index (κ2) is 7.24. The Morgan fingerprint density at radius 3 is 2.44 bits per heavy atom. The number of hydrogen-bond donors (Lipinski definition) is 0. The Balaban J connectivity index is 2.43. The number of ether oxygens (including phenoxy) is 2. The number of esters is 1. The molecule has 1 saturated heterocycles. The summed E-state index contributed by atoms with van der Waals surface area (Å²) in [7, 11) is 0. The summed E-state index contributed by atoms with van der Waals surface area (Å²) in [6.07, 6.45) is 2.68. The minimum Gasteiger partial charge on any atom is -0.463 e. The molecule has 5 nitrogen and oxygen atoms in total. The van der Waals surface area contributed by atoms with Gasteiger partial charge in [-0.3, -0.25) is 9.69 Å². The Bertz CT molecular complexity index is 293. The Morgan fingerprint density at radius 2 is 1.89 bits per heavy atom.